The average molecular weight is 568 g/mol. The van der Waals surface area contributed by atoms with E-state index in [0.29, 0.717) is 0 Å². The highest BCUT2D eigenvalue weighted by atomic mass is 32.2. The first kappa shape index (κ1) is 26.4. The molecule has 19 heteroatoms. The normalized spacial score (nSPS) is 17.8. The summed E-state index contributed by atoms with van der Waals surface area (Å²) in [5.41, 5.74) is 4.26. The van der Waals surface area contributed by atoms with Crippen LogP contribution in [-0.2, 0) is 31.3 Å². The number of β-lactam (4-membered cyclic amide) rings is 1. The fraction of sp³-hybridized carbons (Fsp3) is 0.211. The summed E-state index contributed by atoms with van der Waals surface area (Å²) in [5, 5.41) is 36.2. The third-order valence-electron chi connectivity index (χ3n) is 5.24. The molecular formula is C19H17N7O10S2. The molecule has 7 N–H and O–H groups in total. The Balaban J connectivity index is 1.60. The number of aromatic hydroxyl groups is 2. The molecule has 0 radical (unpaired) electrons. The molecule has 0 bridgehead atoms. The Bertz CT molecular complexity index is 1620. The van der Waals surface area contributed by atoms with E-state index in [1.807, 2.05) is 0 Å². The van der Waals surface area contributed by atoms with Gasteiger partial charge in [0.05, 0.1) is 17.1 Å². The molecule has 4 rings (SSSR count). The molecule has 3 aromatic rings. The van der Waals surface area contributed by atoms with E-state index in [1.165, 1.54) is 12.3 Å². The Kier molecular flexibility index (Phi) is 6.74. The topological polar surface area (TPSA) is 268 Å². The van der Waals surface area contributed by atoms with Crippen LogP contribution < -0.4 is 11.1 Å². The molecule has 2 aromatic heterocycles. The molecule has 17 nitrogen and oxygen atoms in total. The number of nitrogen functional groups attached to an aromatic ring is 1. The van der Waals surface area contributed by atoms with Crippen LogP contribution in [0.5, 0.6) is 11.5 Å². The lowest BCUT2D eigenvalue weighted by Crippen LogP contribution is -2.71. The summed E-state index contributed by atoms with van der Waals surface area (Å²) in [6.45, 7) is 0.648. The van der Waals surface area contributed by atoms with E-state index < -0.39 is 69.7 Å². The number of anilines is 1. The third kappa shape index (κ3) is 4.96. The van der Waals surface area contributed by atoms with E-state index in [9.17, 15) is 38.1 Å². The number of phenolic OH excluding ortho intramolecular Hbond substituents is 2. The molecule has 1 fully saturated rings. The minimum atomic E-state index is -4.82. The average Bonchev–Trinajstić information content (AvgIpc) is 3.25. The molecule has 1 aliphatic heterocycles. The highest BCUT2D eigenvalue weighted by molar-refractivity contribution is 7.84. The summed E-state index contributed by atoms with van der Waals surface area (Å²) >= 11 is 0.952. The second kappa shape index (κ2) is 9.68. The Morgan fingerprint density at radius 1 is 1.21 bits per heavy atom. The molecule has 0 aliphatic carbocycles. The van der Waals surface area contributed by atoms with Crippen molar-refractivity contribution in [3.63, 3.8) is 0 Å². The highest BCUT2D eigenvalue weighted by Gasteiger charge is 2.51. The number of hydrogen-bond acceptors (Lipinski definition) is 14. The Morgan fingerprint density at radius 3 is 2.37 bits per heavy atom. The van der Waals surface area contributed by atoms with E-state index in [4.69, 9.17) is 15.1 Å². The monoisotopic (exact) mass is 567 g/mol. The maximum Gasteiger partial charge on any atom is 0.362 e. The van der Waals surface area contributed by atoms with Crippen molar-refractivity contribution in [2.75, 3.05) is 5.73 Å². The summed E-state index contributed by atoms with van der Waals surface area (Å²) in [5.74, 6) is -4.64. The molecule has 1 aliphatic rings. The Hall–Kier alpha value is -4.62. The smallest absolute Gasteiger partial charge is 0.362 e. The number of carboxylic acids is 1. The van der Waals surface area contributed by atoms with Crippen molar-refractivity contribution >= 4 is 61.3 Å². The number of nitrogens with one attached hydrogen (secondary N) is 1. The summed E-state index contributed by atoms with van der Waals surface area (Å²) in [7, 11) is -4.82. The largest absolute Gasteiger partial charge is 0.504 e. The van der Waals surface area contributed by atoms with Crippen molar-refractivity contribution in [2.24, 2.45) is 5.16 Å². The van der Waals surface area contributed by atoms with Crippen LogP contribution in [0.2, 0.25) is 0 Å². The van der Waals surface area contributed by atoms with E-state index >= 15 is 0 Å². The van der Waals surface area contributed by atoms with Gasteiger partial charge >= 0.3 is 16.3 Å². The van der Waals surface area contributed by atoms with Crippen LogP contribution in [0.1, 0.15) is 28.8 Å². The number of carbonyl (C=O) groups excluding carboxylic acids is 2. The first-order chi connectivity index (χ1) is 17.8. The van der Waals surface area contributed by atoms with Crippen LogP contribution in [0, 0.1) is 0 Å². The number of amides is 2. The second-order valence-corrected chi connectivity index (χ2v) is 9.92. The number of thiazole rings is 1. The summed E-state index contributed by atoms with van der Waals surface area (Å²) in [4.78, 5) is 53.8. The van der Waals surface area contributed by atoms with Crippen molar-refractivity contribution in [1.82, 2.24) is 24.6 Å². The quantitative estimate of drug-likeness (QED) is 0.0641. The minimum absolute atomic E-state index is 0.0267. The van der Waals surface area contributed by atoms with E-state index in [2.05, 4.69) is 25.4 Å². The standard InChI is InChI=1S/C19H17N7O10S2/c1-6-13(17(30)26(6)38(33,34)35)24-16(29)14(10-5-37-19(20)23-10)25-36-4-9-15(18(31)32)22-8-3-12(28)11(27)2-7(8)21-9/h2-3,5-6,13,27-28H,4H2,1H3,(H2,20,23)(H,24,29)(H,31,32)(H,33,34,35)/b25-14-/t6-,13-/m0/s1. The van der Waals surface area contributed by atoms with Gasteiger partial charge in [0, 0.05) is 17.5 Å². The van der Waals surface area contributed by atoms with Crippen molar-refractivity contribution in [1.29, 1.82) is 0 Å². The van der Waals surface area contributed by atoms with Gasteiger partial charge in [-0.2, -0.15) is 8.42 Å². The number of rotatable bonds is 8. The minimum Gasteiger partial charge on any atom is -0.504 e. The van der Waals surface area contributed by atoms with Gasteiger partial charge in [-0.1, -0.05) is 5.16 Å². The maximum absolute atomic E-state index is 12.9. The van der Waals surface area contributed by atoms with Gasteiger partial charge in [0.1, 0.15) is 17.4 Å². The van der Waals surface area contributed by atoms with Crippen LogP contribution in [0.15, 0.2) is 22.7 Å². The predicted molar refractivity (Wildman–Crippen MR) is 127 cm³/mol. The number of benzene rings is 1. The van der Waals surface area contributed by atoms with Gasteiger partial charge in [-0.05, 0) is 6.92 Å². The zero-order chi connectivity index (χ0) is 27.9. The lowest BCUT2D eigenvalue weighted by atomic mass is 10.0. The number of aromatic nitrogens is 3. The van der Waals surface area contributed by atoms with E-state index in [-0.39, 0.29) is 31.9 Å². The fourth-order valence-corrected chi connectivity index (χ4v) is 4.89. The second-order valence-electron chi connectivity index (χ2n) is 7.74. The number of oxime groups is 1. The lowest BCUT2D eigenvalue weighted by Gasteiger charge is -2.42. The number of hydrogen-bond donors (Lipinski definition) is 6. The molecule has 0 unspecified atom stereocenters. The van der Waals surface area contributed by atoms with Gasteiger partial charge in [-0.25, -0.2) is 24.1 Å². The third-order valence-corrected chi connectivity index (χ3v) is 6.93. The zero-order valence-corrected chi connectivity index (χ0v) is 20.6. The summed E-state index contributed by atoms with van der Waals surface area (Å²) < 4.78 is 31.9. The molecular weight excluding hydrogens is 550 g/mol. The number of fused-ring (bicyclic) bond motifs is 1. The molecule has 1 aromatic carbocycles. The van der Waals surface area contributed by atoms with Crippen LogP contribution >= 0.6 is 11.3 Å². The van der Waals surface area contributed by atoms with Crippen LogP contribution in [-0.4, -0.2) is 83.1 Å². The van der Waals surface area contributed by atoms with Gasteiger partial charge in [0.2, 0.25) is 0 Å². The number of nitrogens with zero attached hydrogens (tertiary/aromatic N) is 5. The van der Waals surface area contributed by atoms with Crippen molar-refractivity contribution < 1.29 is 47.5 Å². The first-order valence-corrected chi connectivity index (χ1v) is 12.5. The number of phenols is 2. The van der Waals surface area contributed by atoms with E-state index in [0.717, 1.165) is 23.5 Å². The Morgan fingerprint density at radius 2 is 1.84 bits per heavy atom. The van der Waals surface area contributed by atoms with Crippen LogP contribution in [0.4, 0.5) is 5.13 Å². The van der Waals surface area contributed by atoms with Crippen molar-refractivity contribution in [2.45, 2.75) is 25.6 Å². The van der Waals surface area contributed by atoms with Gasteiger partial charge in [0.15, 0.2) is 34.6 Å². The Labute approximate surface area is 216 Å². The van der Waals surface area contributed by atoms with Gasteiger partial charge in [-0.3, -0.25) is 14.1 Å². The molecule has 2 atom stereocenters. The fourth-order valence-electron chi connectivity index (χ4n) is 3.46. The van der Waals surface area contributed by atoms with Gasteiger partial charge in [0.25, 0.3) is 11.8 Å². The highest BCUT2D eigenvalue weighted by Crippen LogP contribution is 2.29. The molecule has 3 heterocycles. The summed E-state index contributed by atoms with van der Waals surface area (Å²) in [6.07, 6.45) is 0. The number of carboxylic acid groups (broad SMARTS) is 1. The SMILES string of the molecule is C[C@H]1[C@H](NC(=O)/C(=N\OCc2nc3cc(O)c(O)cc3nc2C(=O)O)c2csc(N)n2)C(=O)N1S(=O)(=O)O. The molecule has 200 valence electrons. The summed E-state index contributed by atoms with van der Waals surface area (Å²) in [6, 6.07) is -0.348. The van der Waals surface area contributed by atoms with Crippen molar-refractivity contribution in [3.05, 3.63) is 34.6 Å². The number of aromatic carboxylic acids is 1. The molecule has 1 saturated heterocycles. The number of carbonyl (C=O) groups is 3. The van der Waals surface area contributed by atoms with Crippen LogP contribution in [0.3, 0.4) is 0 Å². The molecule has 0 spiro atoms. The first-order valence-electron chi connectivity index (χ1n) is 10.3. The van der Waals surface area contributed by atoms with Gasteiger partial charge in [-0.15, -0.1) is 11.3 Å². The van der Waals surface area contributed by atoms with Crippen LogP contribution in [0.25, 0.3) is 11.0 Å². The lowest BCUT2D eigenvalue weighted by molar-refractivity contribution is -0.143. The zero-order valence-electron chi connectivity index (χ0n) is 19.0. The van der Waals surface area contributed by atoms with E-state index in [1.54, 1.807) is 0 Å². The maximum atomic E-state index is 12.9. The molecule has 2 amide bonds. The molecule has 38 heavy (non-hydrogen) atoms. The number of nitrogens with two attached hydrogens (primary N) is 1. The predicted octanol–water partition coefficient (Wildman–Crippen LogP) is -0.783. The van der Waals surface area contributed by atoms with Gasteiger partial charge < -0.3 is 31.2 Å². The van der Waals surface area contributed by atoms with Crippen molar-refractivity contribution in [3.8, 4) is 11.5 Å². The molecule has 0 saturated carbocycles.